The first-order chi connectivity index (χ1) is 10.2. The predicted molar refractivity (Wildman–Crippen MR) is 86.3 cm³/mol. The van der Waals surface area contributed by atoms with Gasteiger partial charge in [0.2, 0.25) is 5.91 Å². The van der Waals surface area contributed by atoms with E-state index in [1.165, 1.54) is 21.6 Å². The number of carbonyl (C=O) groups is 1. The lowest BCUT2D eigenvalue weighted by Gasteiger charge is -2.27. The average molecular weight is 300 g/mol. The van der Waals surface area contributed by atoms with Crippen LogP contribution >= 0.6 is 11.3 Å². The maximum atomic E-state index is 12.3. The summed E-state index contributed by atoms with van der Waals surface area (Å²) in [6, 6.07) is 10.4. The van der Waals surface area contributed by atoms with Crippen LogP contribution in [-0.4, -0.2) is 23.9 Å². The van der Waals surface area contributed by atoms with Crippen LogP contribution in [0.2, 0.25) is 0 Å². The standard InChI is InChI=1S/C17H20N2OS/c1-13-4-2-3-5-14(13)10-18-11-17(20)19-8-6-16-15(12-19)7-9-21-16/h2-5,7,9,18H,6,8,10-12H2,1H3. The van der Waals surface area contributed by atoms with Crippen molar-refractivity contribution in [2.45, 2.75) is 26.4 Å². The maximum Gasteiger partial charge on any atom is 0.236 e. The number of hydrogen-bond acceptors (Lipinski definition) is 3. The summed E-state index contributed by atoms with van der Waals surface area (Å²) in [5.41, 5.74) is 3.83. The number of rotatable bonds is 4. The van der Waals surface area contributed by atoms with E-state index in [1.807, 2.05) is 17.0 Å². The third-order valence-corrected chi connectivity index (χ3v) is 5.04. The molecule has 0 radical (unpaired) electrons. The number of fused-ring (bicyclic) bond motifs is 1. The minimum Gasteiger partial charge on any atom is -0.337 e. The quantitative estimate of drug-likeness (QED) is 0.941. The Labute approximate surface area is 129 Å². The predicted octanol–water partition coefficient (Wildman–Crippen LogP) is 2.73. The van der Waals surface area contributed by atoms with Crippen LogP contribution < -0.4 is 5.32 Å². The summed E-state index contributed by atoms with van der Waals surface area (Å²) >= 11 is 1.80. The van der Waals surface area contributed by atoms with Crippen LogP contribution in [0.15, 0.2) is 35.7 Å². The second-order valence-electron chi connectivity index (χ2n) is 5.46. The number of nitrogens with zero attached hydrogens (tertiary/aromatic N) is 1. The lowest BCUT2D eigenvalue weighted by molar-refractivity contribution is -0.131. The number of carbonyl (C=O) groups excluding carboxylic acids is 1. The molecule has 0 fully saturated rings. The molecule has 1 amide bonds. The Hall–Kier alpha value is -1.65. The molecular formula is C17H20N2OS. The summed E-state index contributed by atoms with van der Waals surface area (Å²) in [6.07, 6.45) is 0.997. The number of thiophene rings is 1. The molecule has 0 spiro atoms. The molecule has 0 saturated heterocycles. The zero-order valence-electron chi connectivity index (χ0n) is 12.3. The molecule has 1 aliphatic heterocycles. The number of aryl methyl sites for hydroxylation is 1. The molecule has 2 aromatic rings. The molecule has 0 aliphatic carbocycles. The fourth-order valence-corrected chi connectivity index (χ4v) is 3.58. The molecule has 0 unspecified atom stereocenters. The van der Waals surface area contributed by atoms with E-state index in [4.69, 9.17) is 0 Å². The van der Waals surface area contributed by atoms with Gasteiger partial charge in [-0.25, -0.2) is 0 Å². The van der Waals surface area contributed by atoms with Gasteiger partial charge in [0.25, 0.3) is 0 Å². The fourth-order valence-electron chi connectivity index (χ4n) is 2.69. The van der Waals surface area contributed by atoms with Crippen molar-refractivity contribution in [2.75, 3.05) is 13.1 Å². The largest absolute Gasteiger partial charge is 0.337 e. The second-order valence-corrected chi connectivity index (χ2v) is 6.47. The van der Waals surface area contributed by atoms with Gasteiger partial charge in [-0.1, -0.05) is 24.3 Å². The SMILES string of the molecule is Cc1ccccc1CNCC(=O)N1CCc2sccc2C1. The topological polar surface area (TPSA) is 32.3 Å². The number of benzene rings is 1. The summed E-state index contributed by atoms with van der Waals surface area (Å²) in [4.78, 5) is 15.7. The Balaban J connectivity index is 1.50. The zero-order valence-corrected chi connectivity index (χ0v) is 13.1. The van der Waals surface area contributed by atoms with Crippen LogP contribution in [0.4, 0.5) is 0 Å². The van der Waals surface area contributed by atoms with Crippen LogP contribution in [-0.2, 0) is 24.3 Å². The van der Waals surface area contributed by atoms with Crippen LogP contribution in [0.3, 0.4) is 0 Å². The first-order valence-electron chi connectivity index (χ1n) is 7.32. The average Bonchev–Trinajstić information content (AvgIpc) is 2.96. The molecule has 1 N–H and O–H groups in total. The lowest BCUT2D eigenvalue weighted by atomic mass is 10.1. The van der Waals surface area contributed by atoms with Gasteiger partial charge in [-0.3, -0.25) is 4.79 Å². The van der Waals surface area contributed by atoms with Gasteiger partial charge in [-0.05, 0) is 41.5 Å². The minimum absolute atomic E-state index is 0.195. The zero-order chi connectivity index (χ0) is 14.7. The van der Waals surface area contributed by atoms with Gasteiger partial charge >= 0.3 is 0 Å². The van der Waals surface area contributed by atoms with Gasteiger partial charge in [0.15, 0.2) is 0 Å². The molecule has 21 heavy (non-hydrogen) atoms. The summed E-state index contributed by atoms with van der Waals surface area (Å²) in [7, 11) is 0. The van der Waals surface area contributed by atoms with Crippen LogP contribution in [0.5, 0.6) is 0 Å². The van der Waals surface area contributed by atoms with Crippen molar-refractivity contribution in [3.63, 3.8) is 0 Å². The van der Waals surface area contributed by atoms with Crippen molar-refractivity contribution in [1.82, 2.24) is 10.2 Å². The molecule has 3 nitrogen and oxygen atoms in total. The lowest BCUT2D eigenvalue weighted by Crippen LogP contribution is -2.40. The number of hydrogen-bond donors (Lipinski definition) is 1. The highest BCUT2D eigenvalue weighted by atomic mass is 32.1. The van der Waals surface area contributed by atoms with E-state index in [0.29, 0.717) is 6.54 Å². The van der Waals surface area contributed by atoms with Crippen LogP contribution in [0.1, 0.15) is 21.6 Å². The molecule has 4 heteroatoms. The van der Waals surface area contributed by atoms with Crippen molar-refractivity contribution >= 4 is 17.2 Å². The first kappa shape index (κ1) is 14.3. The Morgan fingerprint density at radius 2 is 2.19 bits per heavy atom. The molecule has 1 aromatic carbocycles. The van der Waals surface area contributed by atoms with Crippen molar-refractivity contribution in [1.29, 1.82) is 0 Å². The molecule has 2 heterocycles. The molecular weight excluding hydrogens is 280 g/mol. The fraction of sp³-hybridized carbons (Fsp3) is 0.353. The molecule has 0 atom stereocenters. The van der Waals surface area contributed by atoms with Gasteiger partial charge in [0, 0.05) is 24.5 Å². The van der Waals surface area contributed by atoms with Crippen LogP contribution in [0, 0.1) is 6.92 Å². The molecule has 110 valence electrons. The highest BCUT2D eigenvalue weighted by molar-refractivity contribution is 7.10. The number of amides is 1. The van der Waals surface area contributed by atoms with E-state index in [9.17, 15) is 4.79 Å². The Morgan fingerprint density at radius 1 is 1.33 bits per heavy atom. The third kappa shape index (κ3) is 3.34. The van der Waals surface area contributed by atoms with E-state index in [2.05, 4.69) is 35.8 Å². The third-order valence-electron chi connectivity index (χ3n) is 4.01. The van der Waals surface area contributed by atoms with Crippen molar-refractivity contribution in [2.24, 2.45) is 0 Å². The summed E-state index contributed by atoms with van der Waals surface area (Å²) in [6.45, 7) is 4.87. The van der Waals surface area contributed by atoms with Gasteiger partial charge < -0.3 is 10.2 Å². The Bertz CT molecular complexity index is 635. The monoisotopic (exact) mass is 300 g/mol. The van der Waals surface area contributed by atoms with Gasteiger partial charge in [0.1, 0.15) is 0 Å². The highest BCUT2D eigenvalue weighted by Crippen LogP contribution is 2.23. The van der Waals surface area contributed by atoms with Gasteiger partial charge in [-0.2, -0.15) is 0 Å². The molecule has 0 saturated carbocycles. The number of nitrogens with one attached hydrogen (secondary N) is 1. The second kappa shape index (κ2) is 6.41. The maximum absolute atomic E-state index is 12.3. The van der Waals surface area contributed by atoms with E-state index >= 15 is 0 Å². The van der Waals surface area contributed by atoms with Crippen molar-refractivity contribution < 1.29 is 4.79 Å². The van der Waals surface area contributed by atoms with Crippen LogP contribution in [0.25, 0.3) is 0 Å². The Morgan fingerprint density at radius 3 is 3.05 bits per heavy atom. The van der Waals surface area contributed by atoms with E-state index < -0.39 is 0 Å². The normalized spacial score (nSPS) is 14.0. The van der Waals surface area contributed by atoms with E-state index in [-0.39, 0.29) is 5.91 Å². The summed E-state index contributed by atoms with van der Waals surface area (Å²) < 4.78 is 0. The highest BCUT2D eigenvalue weighted by Gasteiger charge is 2.20. The van der Waals surface area contributed by atoms with Crippen molar-refractivity contribution in [3.05, 3.63) is 57.3 Å². The summed E-state index contributed by atoms with van der Waals surface area (Å²) in [5, 5.41) is 5.39. The van der Waals surface area contributed by atoms with Gasteiger partial charge in [0.05, 0.1) is 6.54 Å². The molecule has 1 aliphatic rings. The Kier molecular flexibility index (Phi) is 4.36. The smallest absolute Gasteiger partial charge is 0.236 e. The first-order valence-corrected chi connectivity index (χ1v) is 8.20. The summed E-state index contributed by atoms with van der Waals surface area (Å²) in [5.74, 6) is 0.195. The molecule has 1 aromatic heterocycles. The van der Waals surface area contributed by atoms with Crippen molar-refractivity contribution in [3.8, 4) is 0 Å². The van der Waals surface area contributed by atoms with E-state index in [0.717, 1.165) is 26.1 Å². The van der Waals surface area contributed by atoms with Gasteiger partial charge in [-0.15, -0.1) is 11.3 Å². The molecule has 3 rings (SSSR count). The molecule has 0 bridgehead atoms. The van der Waals surface area contributed by atoms with E-state index in [1.54, 1.807) is 11.3 Å². The minimum atomic E-state index is 0.195.